The number of phenols is 1. The lowest BCUT2D eigenvalue weighted by molar-refractivity contribution is 0.0954. The Balaban J connectivity index is 1.63. The lowest BCUT2D eigenvalue weighted by Gasteiger charge is -2.08. The molecule has 0 aliphatic heterocycles. The van der Waals surface area contributed by atoms with Crippen molar-refractivity contribution in [3.8, 4) is 5.75 Å². The van der Waals surface area contributed by atoms with Crippen LogP contribution >= 0.6 is 0 Å². The van der Waals surface area contributed by atoms with Crippen LogP contribution in [0.25, 0.3) is 10.9 Å². The summed E-state index contributed by atoms with van der Waals surface area (Å²) in [6.45, 7) is 2.82. The number of carbonyl (C=O) groups excluding carboxylic acids is 1. The quantitative estimate of drug-likeness (QED) is 0.394. The van der Waals surface area contributed by atoms with Crippen LogP contribution in [0.5, 0.6) is 5.75 Å². The first-order chi connectivity index (χ1) is 14.1. The molecule has 0 saturated carbocycles. The van der Waals surface area contributed by atoms with Gasteiger partial charge in [-0.2, -0.15) is 5.10 Å². The van der Waals surface area contributed by atoms with Gasteiger partial charge in [-0.25, -0.2) is 5.43 Å². The molecule has 0 spiro atoms. The van der Waals surface area contributed by atoms with Crippen LogP contribution in [0.15, 0.2) is 84.0 Å². The molecule has 3 aromatic carbocycles. The summed E-state index contributed by atoms with van der Waals surface area (Å²) in [7, 11) is 0. The number of nitrogens with zero attached hydrogens (tertiary/aromatic N) is 2. The predicted molar refractivity (Wildman–Crippen MR) is 115 cm³/mol. The van der Waals surface area contributed by atoms with Gasteiger partial charge in [0.25, 0.3) is 5.91 Å². The summed E-state index contributed by atoms with van der Waals surface area (Å²) in [5.41, 5.74) is 7.27. The van der Waals surface area contributed by atoms with Gasteiger partial charge in [0.1, 0.15) is 5.75 Å². The zero-order chi connectivity index (χ0) is 20.2. The van der Waals surface area contributed by atoms with Crippen LogP contribution in [0, 0.1) is 6.92 Å². The summed E-state index contributed by atoms with van der Waals surface area (Å²) in [5.74, 6) is -0.329. The van der Waals surface area contributed by atoms with E-state index in [9.17, 15) is 9.90 Å². The van der Waals surface area contributed by atoms with Crippen LogP contribution in [0.2, 0.25) is 0 Å². The van der Waals surface area contributed by atoms with Crippen LogP contribution in [0.1, 0.15) is 27.2 Å². The standard InChI is InChI=1S/C24H21N3O2/c1-17-22(15-25-26-24(29)19-10-7-11-20(28)14-19)21-12-5-6-13-23(21)27(17)16-18-8-3-2-4-9-18/h2-15,28H,16H2,1H3,(H,26,29)/b25-15+. The number of aromatic hydroxyl groups is 1. The Labute approximate surface area is 168 Å². The van der Waals surface area contributed by atoms with E-state index in [0.29, 0.717) is 5.56 Å². The van der Waals surface area contributed by atoms with Crippen molar-refractivity contribution in [2.45, 2.75) is 13.5 Å². The molecule has 5 nitrogen and oxygen atoms in total. The molecule has 29 heavy (non-hydrogen) atoms. The van der Waals surface area contributed by atoms with E-state index in [0.717, 1.165) is 28.7 Å². The topological polar surface area (TPSA) is 66.6 Å². The number of benzene rings is 3. The minimum Gasteiger partial charge on any atom is -0.508 e. The lowest BCUT2D eigenvalue weighted by Crippen LogP contribution is -2.17. The van der Waals surface area contributed by atoms with Gasteiger partial charge in [0.15, 0.2) is 0 Å². The van der Waals surface area contributed by atoms with E-state index in [4.69, 9.17) is 0 Å². The molecule has 0 unspecified atom stereocenters. The third-order valence-electron chi connectivity index (χ3n) is 4.93. The van der Waals surface area contributed by atoms with Crippen LogP contribution in [-0.4, -0.2) is 21.8 Å². The molecule has 0 radical (unpaired) electrons. The first kappa shape index (κ1) is 18.5. The predicted octanol–water partition coefficient (Wildman–Crippen LogP) is 4.47. The highest BCUT2D eigenvalue weighted by Gasteiger charge is 2.13. The van der Waals surface area contributed by atoms with Crippen LogP contribution in [0.4, 0.5) is 0 Å². The number of amides is 1. The van der Waals surface area contributed by atoms with E-state index in [1.54, 1.807) is 18.3 Å². The van der Waals surface area contributed by atoms with Crippen molar-refractivity contribution in [2.24, 2.45) is 5.10 Å². The number of hydrogen-bond donors (Lipinski definition) is 2. The minimum atomic E-state index is -0.372. The van der Waals surface area contributed by atoms with Gasteiger partial charge in [0.2, 0.25) is 0 Å². The molecular weight excluding hydrogens is 362 g/mol. The molecule has 0 aliphatic rings. The Morgan fingerprint density at radius 3 is 2.59 bits per heavy atom. The van der Waals surface area contributed by atoms with Crippen molar-refractivity contribution in [1.29, 1.82) is 0 Å². The maximum atomic E-state index is 12.2. The first-order valence-corrected chi connectivity index (χ1v) is 9.37. The molecule has 1 amide bonds. The van der Waals surface area contributed by atoms with Crippen molar-refractivity contribution in [3.05, 3.63) is 101 Å². The van der Waals surface area contributed by atoms with Gasteiger partial charge in [-0.05, 0) is 36.8 Å². The van der Waals surface area contributed by atoms with Gasteiger partial charge in [-0.3, -0.25) is 4.79 Å². The van der Waals surface area contributed by atoms with E-state index in [2.05, 4.69) is 46.3 Å². The fourth-order valence-corrected chi connectivity index (χ4v) is 3.46. The molecule has 2 N–H and O–H groups in total. The Hall–Kier alpha value is -3.86. The molecule has 0 atom stereocenters. The molecular formula is C24H21N3O2. The molecule has 144 valence electrons. The molecule has 4 rings (SSSR count). The zero-order valence-electron chi connectivity index (χ0n) is 16.0. The Morgan fingerprint density at radius 2 is 1.79 bits per heavy atom. The second kappa shape index (κ2) is 8.02. The van der Waals surface area contributed by atoms with Crippen molar-refractivity contribution >= 4 is 23.0 Å². The number of aromatic nitrogens is 1. The zero-order valence-corrected chi connectivity index (χ0v) is 16.0. The number of carbonyl (C=O) groups is 1. The molecule has 1 aromatic heterocycles. The average molecular weight is 383 g/mol. The smallest absolute Gasteiger partial charge is 0.271 e. The van der Waals surface area contributed by atoms with Crippen LogP contribution < -0.4 is 5.43 Å². The van der Waals surface area contributed by atoms with Gasteiger partial charge in [0, 0.05) is 34.3 Å². The van der Waals surface area contributed by atoms with Crippen LogP contribution in [0.3, 0.4) is 0 Å². The average Bonchev–Trinajstić information content (AvgIpc) is 3.00. The van der Waals surface area contributed by atoms with Gasteiger partial charge in [-0.1, -0.05) is 54.6 Å². The van der Waals surface area contributed by atoms with E-state index in [-0.39, 0.29) is 11.7 Å². The third kappa shape index (κ3) is 3.89. The molecule has 1 heterocycles. The summed E-state index contributed by atoms with van der Waals surface area (Å²) >= 11 is 0. The van der Waals surface area contributed by atoms with E-state index >= 15 is 0 Å². The Morgan fingerprint density at radius 1 is 1.03 bits per heavy atom. The molecule has 4 aromatic rings. The lowest BCUT2D eigenvalue weighted by atomic mass is 10.1. The van der Waals surface area contributed by atoms with E-state index in [1.807, 2.05) is 30.3 Å². The first-order valence-electron chi connectivity index (χ1n) is 9.37. The fourth-order valence-electron chi connectivity index (χ4n) is 3.46. The number of para-hydroxylation sites is 1. The van der Waals surface area contributed by atoms with E-state index in [1.165, 1.54) is 17.7 Å². The van der Waals surface area contributed by atoms with Gasteiger partial charge in [0.05, 0.1) is 6.21 Å². The maximum Gasteiger partial charge on any atom is 0.271 e. The van der Waals surface area contributed by atoms with E-state index < -0.39 is 0 Å². The van der Waals surface area contributed by atoms with Crippen molar-refractivity contribution in [2.75, 3.05) is 0 Å². The highest BCUT2D eigenvalue weighted by molar-refractivity contribution is 6.02. The number of phenolic OH excluding ortho intramolecular Hbond substituents is 1. The number of rotatable bonds is 5. The molecule has 0 bridgehead atoms. The second-order valence-corrected chi connectivity index (χ2v) is 6.84. The maximum absolute atomic E-state index is 12.2. The normalized spacial score (nSPS) is 11.2. The minimum absolute atomic E-state index is 0.0430. The summed E-state index contributed by atoms with van der Waals surface area (Å²) in [4.78, 5) is 12.2. The van der Waals surface area contributed by atoms with Crippen molar-refractivity contribution < 1.29 is 9.90 Å². The van der Waals surface area contributed by atoms with Crippen LogP contribution in [-0.2, 0) is 6.54 Å². The monoisotopic (exact) mass is 383 g/mol. The number of hydrogen-bond acceptors (Lipinski definition) is 3. The van der Waals surface area contributed by atoms with Gasteiger partial charge >= 0.3 is 0 Å². The summed E-state index contributed by atoms with van der Waals surface area (Å²) in [5, 5.41) is 14.8. The summed E-state index contributed by atoms with van der Waals surface area (Å²) in [6, 6.07) is 24.6. The number of nitrogens with one attached hydrogen (secondary N) is 1. The number of hydrazone groups is 1. The third-order valence-corrected chi connectivity index (χ3v) is 4.93. The molecule has 0 saturated heterocycles. The van der Waals surface area contributed by atoms with Crippen molar-refractivity contribution in [3.63, 3.8) is 0 Å². The second-order valence-electron chi connectivity index (χ2n) is 6.84. The molecule has 5 heteroatoms. The SMILES string of the molecule is Cc1c(/C=N/NC(=O)c2cccc(O)c2)c2ccccc2n1Cc1ccccc1. The summed E-state index contributed by atoms with van der Waals surface area (Å²) < 4.78 is 2.25. The Bertz CT molecular complexity index is 1190. The highest BCUT2D eigenvalue weighted by atomic mass is 16.3. The molecule has 0 aliphatic carbocycles. The van der Waals surface area contributed by atoms with Gasteiger partial charge in [-0.15, -0.1) is 0 Å². The van der Waals surface area contributed by atoms with Crippen molar-refractivity contribution in [1.82, 2.24) is 9.99 Å². The fraction of sp³-hybridized carbons (Fsp3) is 0.0833. The van der Waals surface area contributed by atoms with Gasteiger partial charge < -0.3 is 9.67 Å². The Kier molecular flexibility index (Phi) is 5.12. The molecule has 0 fully saturated rings. The largest absolute Gasteiger partial charge is 0.508 e. The highest BCUT2D eigenvalue weighted by Crippen LogP contribution is 2.25. The number of fused-ring (bicyclic) bond motifs is 1. The summed E-state index contributed by atoms with van der Waals surface area (Å²) in [6.07, 6.45) is 1.68.